The molecule has 0 fully saturated rings. The van der Waals surface area contributed by atoms with Crippen molar-refractivity contribution in [1.82, 2.24) is 5.43 Å². The number of thiophene rings is 1. The average Bonchev–Trinajstić information content (AvgIpc) is 2.93. The summed E-state index contributed by atoms with van der Waals surface area (Å²) in [5.74, 6) is -0.356. The lowest BCUT2D eigenvalue weighted by Crippen LogP contribution is -2.17. The largest absolute Gasteiger partial charge is 0.326 e. The number of hydrazone groups is 1. The number of hydrogen-bond donors (Lipinski definition) is 2. The molecule has 0 atom stereocenters. The summed E-state index contributed by atoms with van der Waals surface area (Å²) < 4.78 is 0. The van der Waals surface area contributed by atoms with E-state index < -0.39 is 0 Å². The van der Waals surface area contributed by atoms with Gasteiger partial charge in [-0.1, -0.05) is 6.92 Å². The summed E-state index contributed by atoms with van der Waals surface area (Å²) in [7, 11) is 0. The van der Waals surface area contributed by atoms with Gasteiger partial charge in [0.05, 0.1) is 6.21 Å². The van der Waals surface area contributed by atoms with Gasteiger partial charge in [0.25, 0.3) is 5.91 Å². The lowest BCUT2D eigenvalue weighted by Gasteiger charge is -2.04. The summed E-state index contributed by atoms with van der Waals surface area (Å²) in [6.45, 7) is 3.80. The molecular formula is C16H17N3O2S. The standard InChI is InChI=1S/C16H17N3O2S/c1-3-15(20)18-13-7-5-12(6-8-13)16(21)19-17-10-14-9-4-11(2)22-14/h4-10H,3H2,1-2H3,(H,18,20)(H,19,21). The molecule has 0 unspecified atom stereocenters. The van der Waals surface area contributed by atoms with Gasteiger partial charge < -0.3 is 5.32 Å². The van der Waals surface area contributed by atoms with E-state index in [9.17, 15) is 9.59 Å². The number of aryl methyl sites for hydroxylation is 1. The Morgan fingerprint density at radius 3 is 2.50 bits per heavy atom. The van der Waals surface area contributed by atoms with Crippen molar-refractivity contribution in [1.29, 1.82) is 0 Å². The number of carbonyl (C=O) groups excluding carboxylic acids is 2. The number of hydrogen-bond acceptors (Lipinski definition) is 4. The molecule has 0 bridgehead atoms. The van der Waals surface area contributed by atoms with E-state index in [0.29, 0.717) is 17.7 Å². The van der Waals surface area contributed by atoms with Crippen LogP contribution in [0.2, 0.25) is 0 Å². The van der Waals surface area contributed by atoms with Crippen LogP contribution in [0.3, 0.4) is 0 Å². The lowest BCUT2D eigenvalue weighted by molar-refractivity contribution is -0.115. The number of amides is 2. The lowest BCUT2D eigenvalue weighted by atomic mass is 10.2. The molecule has 5 nitrogen and oxygen atoms in total. The minimum absolute atomic E-state index is 0.0620. The molecule has 1 aromatic carbocycles. The molecule has 0 aliphatic carbocycles. The van der Waals surface area contributed by atoms with Gasteiger partial charge in [0.1, 0.15) is 0 Å². The summed E-state index contributed by atoms with van der Waals surface area (Å²) in [4.78, 5) is 25.4. The zero-order chi connectivity index (χ0) is 15.9. The number of rotatable bonds is 5. The van der Waals surface area contributed by atoms with Crippen LogP contribution in [0.4, 0.5) is 5.69 Å². The van der Waals surface area contributed by atoms with Crippen LogP contribution in [0.15, 0.2) is 41.5 Å². The Hall–Kier alpha value is -2.47. The maximum atomic E-state index is 11.9. The second-order valence-corrected chi connectivity index (χ2v) is 5.95. The van der Waals surface area contributed by atoms with Gasteiger partial charge in [-0.2, -0.15) is 5.10 Å². The summed E-state index contributed by atoms with van der Waals surface area (Å²) in [5.41, 5.74) is 3.63. The summed E-state index contributed by atoms with van der Waals surface area (Å²) >= 11 is 1.60. The van der Waals surface area contributed by atoms with Crippen LogP contribution in [-0.2, 0) is 4.79 Å². The van der Waals surface area contributed by atoms with Crippen LogP contribution in [0, 0.1) is 6.92 Å². The molecule has 0 spiro atoms. The van der Waals surface area contributed by atoms with Crippen LogP contribution < -0.4 is 10.7 Å². The van der Waals surface area contributed by atoms with Gasteiger partial charge in [-0.05, 0) is 43.3 Å². The zero-order valence-electron chi connectivity index (χ0n) is 12.4. The Labute approximate surface area is 133 Å². The van der Waals surface area contributed by atoms with E-state index in [2.05, 4.69) is 15.8 Å². The number of benzene rings is 1. The molecule has 0 saturated heterocycles. The molecule has 6 heteroatoms. The number of anilines is 1. The van der Waals surface area contributed by atoms with Crippen molar-refractivity contribution in [2.75, 3.05) is 5.32 Å². The molecule has 0 saturated carbocycles. The predicted octanol–water partition coefficient (Wildman–Crippen LogP) is 3.17. The molecule has 2 aromatic rings. The number of nitrogens with one attached hydrogen (secondary N) is 2. The second-order valence-electron chi connectivity index (χ2n) is 4.63. The Kier molecular flexibility index (Phi) is 5.43. The monoisotopic (exact) mass is 315 g/mol. The minimum atomic E-state index is -0.294. The first-order valence-electron chi connectivity index (χ1n) is 6.88. The van der Waals surface area contributed by atoms with Crippen molar-refractivity contribution in [2.45, 2.75) is 20.3 Å². The van der Waals surface area contributed by atoms with Crippen molar-refractivity contribution in [3.63, 3.8) is 0 Å². The molecule has 114 valence electrons. The zero-order valence-corrected chi connectivity index (χ0v) is 13.2. The molecule has 22 heavy (non-hydrogen) atoms. The van der Waals surface area contributed by atoms with Crippen molar-refractivity contribution in [2.24, 2.45) is 5.10 Å². The summed E-state index contributed by atoms with van der Waals surface area (Å²) in [5, 5.41) is 6.66. The quantitative estimate of drug-likeness (QED) is 0.657. The maximum absolute atomic E-state index is 11.9. The van der Waals surface area contributed by atoms with E-state index in [-0.39, 0.29) is 11.8 Å². The second kappa shape index (κ2) is 7.51. The first kappa shape index (κ1) is 15.9. The fourth-order valence-electron chi connectivity index (χ4n) is 1.70. The fraction of sp³-hybridized carbons (Fsp3) is 0.188. The van der Waals surface area contributed by atoms with Gasteiger partial charge in [0.2, 0.25) is 5.91 Å². The van der Waals surface area contributed by atoms with Crippen LogP contribution in [0.25, 0.3) is 0 Å². The van der Waals surface area contributed by atoms with Crippen molar-refractivity contribution >= 4 is 35.1 Å². The van der Waals surface area contributed by atoms with Gasteiger partial charge >= 0.3 is 0 Å². The number of carbonyl (C=O) groups is 2. The van der Waals surface area contributed by atoms with Crippen molar-refractivity contribution in [3.05, 3.63) is 51.7 Å². The van der Waals surface area contributed by atoms with Crippen LogP contribution in [0.5, 0.6) is 0 Å². The summed E-state index contributed by atoms with van der Waals surface area (Å²) in [6.07, 6.45) is 2.03. The third-order valence-corrected chi connectivity index (χ3v) is 3.81. The van der Waals surface area contributed by atoms with Gasteiger partial charge in [-0.3, -0.25) is 9.59 Å². The topological polar surface area (TPSA) is 70.6 Å². The third kappa shape index (κ3) is 4.53. The summed E-state index contributed by atoms with van der Waals surface area (Å²) in [6, 6.07) is 10.6. The molecule has 1 heterocycles. The van der Waals surface area contributed by atoms with Crippen molar-refractivity contribution < 1.29 is 9.59 Å². The van der Waals surface area contributed by atoms with Crippen LogP contribution in [-0.4, -0.2) is 18.0 Å². The molecular weight excluding hydrogens is 298 g/mol. The minimum Gasteiger partial charge on any atom is -0.326 e. The van der Waals surface area contributed by atoms with E-state index in [1.54, 1.807) is 48.7 Å². The van der Waals surface area contributed by atoms with E-state index in [0.717, 1.165) is 4.88 Å². The highest BCUT2D eigenvalue weighted by atomic mass is 32.1. The van der Waals surface area contributed by atoms with Crippen molar-refractivity contribution in [3.8, 4) is 0 Å². The normalized spacial score (nSPS) is 10.6. The Morgan fingerprint density at radius 1 is 1.18 bits per heavy atom. The molecule has 2 N–H and O–H groups in total. The van der Waals surface area contributed by atoms with E-state index >= 15 is 0 Å². The SMILES string of the molecule is CCC(=O)Nc1ccc(C(=O)NN=Cc2ccc(C)s2)cc1. The van der Waals surface area contributed by atoms with Gasteiger partial charge in [-0.15, -0.1) is 11.3 Å². The fourth-order valence-corrected chi connectivity index (χ4v) is 2.45. The Bertz CT molecular complexity index is 690. The highest BCUT2D eigenvalue weighted by Gasteiger charge is 2.05. The van der Waals surface area contributed by atoms with Gasteiger partial charge in [0.15, 0.2) is 0 Å². The average molecular weight is 315 g/mol. The third-order valence-electron chi connectivity index (χ3n) is 2.87. The van der Waals surface area contributed by atoms with Gasteiger partial charge in [-0.25, -0.2) is 5.43 Å². The van der Waals surface area contributed by atoms with E-state index in [1.807, 2.05) is 19.1 Å². The molecule has 0 aliphatic heterocycles. The predicted molar refractivity (Wildman–Crippen MR) is 89.5 cm³/mol. The molecule has 0 aliphatic rings. The van der Waals surface area contributed by atoms with Gasteiger partial charge in [0, 0.05) is 27.4 Å². The highest BCUT2D eigenvalue weighted by Crippen LogP contribution is 2.12. The maximum Gasteiger partial charge on any atom is 0.271 e. The number of nitrogens with zero attached hydrogens (tertiary/aromatic N) is 1. The molecule has 1 aromatic heterocycles. The Balaban J connectivity index is 1.92. The van der Waals surface area contributed by atoms with Crippen LogP contribution in [0.1, 0.15) is 33.5 Å². The van der Waals surface area contributed by atoms with Crippen LogP contribution >= 0.6 is 11.3 Å². The first-order chi connectivity index (χ1) is 10.6. The highest BCUT2D eigenvalue weighted by molar-refractivity contribution is 7.13. The smallest absolute Gasteiger partial charge is 0.271 e. The Morgan fingerprint density at radius 2 is 1.91 bits per heavy atom. The molecule has 2 amide bonds. The molecule has 2 rings (SSSR count). The molecule has 0 radical (unpaired) electrons. The van der Waals surface area contributed by atoms with E-state index in [1.165, 1.54) is 4.88 Å². The van der Waals surface area contributed by atoms with E-state index in [4.69, 9.17) is 0 Å². The first-order valence-corrected chi connectivity index (χ1v) is 7.70.